The number of alkyl halides is 1. The second-order valence-corrected chi connectivity index (χ2v) is 5.01. The van der Waals surface area contributed by atoms with Crippen molar-refractivity contribution < 1.29 is 38.4 Å². The second kappa shape index (κ2) is 4.94. The molecule has 1 saturated carbocycles. The molecule has 2 N–H and O–H groups in total. The third-order valence-electron chi connectivity index (χ3n) is 3.63. The van der Waals surface area contributed by atoms with E-state index in [1.807, 2.05) is 6.92 Å². The van der Waals surface area contributed by atoms with Crippen LogP contribution in [0, 0.1) is 0 Å². The first-order chi connectivity index (χ1) is 9.32. The molecule has 3 unspecified atom stereocenters. The number of halogens is 1. The first-order valence-electron chi connectivity index (χ1n) is 6.44. The molecule has 3 atom stereocenters. The van der Waals surface area contributed by atoms with E-state index in [9.17, 15) is 24.2 Å². The Balaban J connectivity index is 1.80. The maximum absolute atomic E-state index is 13.7. The van der Waals surface area contributed by atoms with Gasteiger partial charge in [0.1, 0.15) is 0 Å². The van der Waals surface area contributed by atoms with Gasteiger partial charge in [-0.25, -0.2) is 9.18 Å². The molecule has 0 aromatic heterocycles. The van der Waals surface area contributed by atoms with Crippen molar-refractivity contribution in [2.75, 3.05) is 19.8 Å². The second-order valence-electron chi connectivity index (χ2n) is 5.01. The van der Waals surface area contributed by atoms with Crippen LogP contribution >= 0.6 is 0 Å². The summed E-state index contributed by atoms with van der Waals surface area (Å²) in [7, 11) is 0. The molecule has 1 aliphatic carbocycles. The third kappa shape index (κ3) is 1.99. The lowest BCUT2D eigenvalue weighted by Crippen LogP contribution is -2.50. The first-order valence-corrected chi connectivity index (χ1v) is 6.44. The Morgan fingerprint density at radius 3 is 2.65 bits per heavy atom. The maximum Gasteiger partial charge on any atom is 0.508 e. The van der Waals surface area contributed by atoms with Gasteiger partial charge in [0.05, 0.1) is 13.2 Å². The van der Waals surface area contributed by atoms with Crippen LogP contribution in [0.15, 0.2) is 0 Å². The Bertz CT molecular complexity index is 428. The molecule has 2 fully saturated rings. The van der Waals surface area contributed by atoms with Crippen LogP contribution in [0.4, 0.5) is 9.18 Å². The van der Waals surface area contributed by atoms with E-state index < -0.39 is 42.2 Å². The summed E-state index contributed by atoms with van der Waals surface area (Å²) in [5.74, 6) is -3.74. The van der Waals surface area contributed by atoms with E-state index in [-0.39, 0.29) is 6.61 Å². The fourth-order valence-electron chi connectivity index (χ4n) is 2.22. The lowest BCUT2D eigenvalue weighted by Gasteiger charge is -2.25. The molecule has 0 aromatic carbocycles. The average molecular weight is 292 g/mol. The number of unbranched alkanes of at least 4 members (excludes halogenated alkanes) is 2. The number of aliphatic hydroxyl groups is 2. The number of hydrogen-bond donors (Lipinski definition) is 2. The van der Waals surface area contributed by atoms with E-state index in [4.69, 9.17) is 4.74 Å². The predicted octanol–water partition coefficient (Wildman–Crippen LogP) is 0.0707. The summed E-state index contributed by atoms with van der Waals surface area (Å²) in [6.45, 7) is 0.491. The van der Waals surface area contributed by atoms with Crippen LogP contribution in [-0.2, 0) is 19.0 Å². The Labute approximate surface area is 114 Å². The number of carbonyl (C=O) groups excluding carboxylic acids is 2. The molecule has 0 radical (unpaired) electrons. The van der Waals surface area contributed by atoms with Gasteiger partial charge < -0.3 is 24.4 Å². The highest BCUT2D eigenvalue weighted by molar-refractivity contribution is 6.16. The standard InChI is InChI=1S/C12H17FO7/c1-2-3-4-5-18-9(15)19-7-11(16)12(17)8(14)10(12,13)6-20-11/h16-17H,2-7H2,1H3. The smallest absolute Gasteiger partial charge is 0.434 e. The summed E-state index contributed by atoms with van der Waals surface area (Å²) >= 11 is 0. The summed E-state index contributed by atoms with van der Waals surface area (Å²) in [5, 5.41) is 19.6. The van der Waals surface area contributed by atoms with Crippen LogP contribution < -0.4 is 0 Å². The molecule has 0 aromatic rings. The van der Waals surface area contributed by atoms with Gasteiger partial charge in [-0.2, -0.15) is 0 Å². The van der Waals surface area contributed by atoms with Gasteiger partial charge in [-0.05, 0) is 6.42 Å². The van der Waals surface area contributed by atoms with Crippen molar-refractivity contribution in [1.29, 1.82) is 0 Å². The van der Waals surface area contributed by atoms with Crippen LogP contribution in [0.1, 0.15) is 26.2 Å². The van der Waals surface area contributed by atoms with Crippen LogP contribution in [-0.4, -0.2) is 59.0 Å². The molecule has 0 bridgehead atoms. The van der Waals surface area contributed by atoms with E-state index in [2.05, 4.69) is 9.47 Å². The van der Waals surface area contributed by atoms with Gasteiger partial charge >= 0.3 is 6.16 Å². The zero-order valence-corrected chi connectivity index (χ0v) is 11.1. The van der Waals surface area contributed by atoms with Crippen molar-refractivity contribution >= 4 is 11.9 Å². The number of fused-ring (bicyclic) bond motifs is 1. The predicted molar refractivity (Wildman–Crippen MR) is 61.5 cm³/mol. The molecule has 1 aliphatic heterocycles. The van der Waals surface area contributed by atoms with Crippen LogP contribution in [0.2, 0.25) is 0 Å². The highest BCUT2D eigenvalue weighted by Gasteiger charge is 2.92. The van der Waals surface area contributed by atoms with Gasteiger partial charge in [0.2, 0.25) is 22.8 Å². The molecule has 7 nitrogen and oxygen atoms in total. The topological polar surface area (TPSA) is 102 Å². The van der Waals surface area contributed by atoms with Crippen molar-refractivity contribution in [3.05, 3.63) is 0 Å². The summed E-state index contributed by atoms with van der Waals surface area (Å²) in [6, 6.07) is 0. The Morgan fingerprint density at radius 1 is 1.40 bits per heavy atom. The minimum atomic E-state index is -2.66. The largest absolute Gasteiger partial charge is 0.508 e. The fraction of sp³-hybridized carbons (Fsp3) is 0.833. The van der Waals surface area contributed by atoms with Gasteiger partial charge in [0.15, 0.2) is 6.61 Å². The normalized spacial score (nSPS) is 38.5. The van der Waals surface area contributed by atoms with Gasteiger partial charge in [-0.15, -0.1) is 0 Å². The molecule has 114 valence electrons. The number of ketones is 1. The van der Waals surface area contributed by atoms with E-state index in [0.717, 1.165) is 12.8 Å². The summed E-state index contributed by atoms with van der Waals surface area (Å²) in [6.07, 6.45) is 1.44. The van der Waals surface area contributed by atoms with Crippen molar-refractivity contribution in [2.24, 2.45) is 0 Å². The highest BCUT2D eigenvalue weighted by Crippen LogP contribution is 2.59. The molecule has 0 spiro atoms. The summed E-state index contributed by atoms with van der Waals surface area (Å²) in [5.41, 5.74) is -5.28. The lowest BCUT2D eigenvalue weighted by molar-refractivity contribution is -0.252. The fourth-order valence-corrected chi connectivity index (χ4v) is 2.22. The number of rotatable bonds is 6. The van der Waals surface area contributed by atoms with E-state index >= 15 is 0 Å². The van der Waals surface area contributed by atoms with Gasteiger partial charge in [0, 0.05) is 0 Å². The van der Waals surface area contributed by atoms with Gasteiger partial charge in [-0.1, -0.05) is 19.8 Å². The zero-order chi connectivity index (χ0) is 15.0. The SMILES string of the molecule is CCCCCOC(=O)OCC1(O)OCC2(F)C(=O)C12O. The molecule has 2 aliphatic rings. The third-order valence-corrected chi connectivity index (χ3v) is 3.63. The van der Waals surface area contributed by atoms with Gasteiger partial charge in [0.25, 0.3) is 0 Å². The minimum absolute atomic E-state index is 0.155. The summed E-state index contributed by atoms with van der Waals surface area (Å²) in [4.78, 5) is 22.4. The van der Waals surface area contributed by atoms with Crippen LogP contribution in [0.25, 0.3) is 0 Å². The van der Waals surface area contributed by atoms with Crippen molar-refractivity contribution in [1.82, 2.24) is 0 Å². The van der Waals surface area contributed by atoms with Crippen molar-refractivity contribution in [3.8, 4) is 0 Å². The number of carbonyl (C=O) groups is 2. The molecular formula is C12H17FO7. The minimum Gasteiger partial charge on any atom is -0.434 e. The Kier molecular flexibility index (Phi) is 3.74. The lowest BCUT2D eigenvalue weighted by atomic mass is 10.1. The molecular weight excluding hydrogens is 275 g/mol. The molecule has 0 amide bonds. The maximum atomic E-state index is 13.7. The Morgan fingerprint density at radius 2 is 2.10 bits per heavy atom. The van der Waals surface area contributed by atoms with Gasteiger partial charge in [-0.3, -0.25) is 4.79 Å². The van der Waals surface area contributed by atoms with E-state index in [0.29, 0.717) is 6.42 Å². The molecule has 8 heteroatoms. The molecule has 1 saturated heterocycles. The average Bonchev–Trinajstić information content (AvgIpc) is 2.76. The summed E-state index contributed by atoms with van der Waals surface area (Å²) < 4.78 is 27.6. The quantitative estimate of drug-likeness (QED) is 0.527. The van der Waals surface area contributed by atoms with Crippen LogP contribution in [0.3, 0.4) is 0 Å². The van der Waals surface area contributed by atoms with Crippen molar-refractivity contribution in [3.63, 3.8) is 0 Å². The van der Waals surface area contributed by atoms with Crippen LogP contribution in [0.5, 0.6) is 0 Å². The highest BCUT2D eigenvalue weighted by atomic mass is 19.1. The molecule has 20 heavy (non-hydrogen) atoms. The number of Topliss-reactive ketones (excluding diaryl/α,β-unsaturated/α-hetero) is 1. The van der Waals surface area contributed by atoms with Crippen molar-refractivity contribution in [2.45, 2.75) is 43.2 Å². The Hall–Kier alpha value is -1.25. The zero-order valence-electron chi connectivity index (χ0n) is 11.1. The van der Waals surface area contributed by atoms with E-state index in [1.165, 1.54) is 0 Å². The first kappa shape index (κ1) is 15.1. The number of hydrogen-bond acceptors (Lipinski definition) is 7. The monoisotopic (exact) mass is 292 g/mol. The number of ether oxygens (including phenoxy) is 3. The molecule has 1 heterocycles. The molecule has 2 rings (SSSR count). The van der Waals surface area contributed by atoms with E-state index in [1.54, 1.807) is 0 Å².